The summed E-state index contributed by atoms with van der Waals surface area (Å²) in [5.74, 6) is 0. The third kappa shape index (κ3) is 5.49. The minimum Gasteiger partial charge on any atom is -0.389 e. The Kier molecular flexibility index (Phi) is 7.00. The minimum atomic E-state index is -0.501. The van der Waals surface area contributed by atoms with Gasteiger partial charge in [0.25, 0.3) is 0 Å². The molecule has 24 heavy (non-hydrogen) atoms. The molecule has 1 aromatic carbocycles. The van der Waals surface area contributed by atoms with E-state index in [2.05, 4.69) is 16.3 Å². The lowest BCUT2D eigenvalue weighted by molar-refractivity contribution is 0.0139. The standard InChI is InChI=1S/C17H24N4O3/c1-2-24-13-16(22)12-20-6-8-21(9-7-20)17(23)19-15-5-3-4-14(10-15)11-18/h3-5,10,16,22H,2,6-9,12-13H2,1H3,(H,19,23). The fraction of sp³-hybridized carbons (Fsp3) is 0.529. The van der Waals surface area contributed by atoms with Crippen molar-refractivity contribution in [3.8, 4) is 6.07 Å². The highest BCUT2D eigenvalue weighted by molar-refractivity contribution is 5.89. The van der Waals surface area contributed by atoms with Gasteiger partial charge in [-0.1, -0.05) is 6.07 Å². The molecule has 1 aliphatic rings. The average Bonchev–Trinajstić information content (AvgIpc) is 2.60. The predicted octanol–water partition coefficient (Wildman–Crippen LogP) is 1.11. The molecule has 0 aromatic heterocycles. The van der Waals surface area contributed by atoms with E-state index >= 15 is 0 Å². The van der Waals surface area contributed by atoms with E-state index in [9.17, 15) is 9.90 Å². The van der Waals surface area contributed by atoms with Crippen molar-refractivity contribution in [1.82, 2.24) is 9.80 Å². The Hall–Kier alpha value is -2.14. The van der Waals surface area contributed by atoms with Crippen LogP contribution in [0.2, 0.25) is 0 Å². The number of aliphatic hydroxyl groups excluding tert-OH is 1. The summed E-state index contributed by atoms with van der Waals surface area (Å²) in [5.41, 5.74) is 1.13. The molecule has 2 N–H and O–H groups in total. The maximum atomic E-state index is 12.3. The molecule has 1 aliphatic heterocycles. The number of hydrogen-bond acceptors (Lipinski definition) is 5. The van der Waals surface area contributed by atoms with E-state index in [4.69, 9.17) is 10.00 Å². The molecule has 0 radical (unpaired) electrons. The van der Waals surface area contributed by atoms with E-state index < -0.39 is 6.10 Å². The highest BCUT2D eigenvalue weighted by Crippen LogP contribution is 2.12. The lowest BCUT2D eigenvalue weighted by Gasteiger charge is -2.35. The molecule has 7 nitrogen and oxygen atoms in total. The van der Waals surface area contributed by atoms with Gasteiger partial charge in [0.1, 0.15) is 0 Å². The molecule has 130 valence electrons. The number of nitrogens with zero attached hydrogens (tertiary/aromatic N) is 3. The van der Waals surface area contributed by atoms with Crippen molar-refractivity contribution in [3.05, 3.63) is 29.8 Å². The molecule has 1 fully saturated rings. The molecule has 0 saturated carbocycles. The monoisotopic (exact) mass is 332 g/mol. The van der Waals surface area contributed by atoms with Crippen molar-refractivity contribution in [2.24, 2.45) is 0 Å². The van der Waals surface area contributed by atoms with Gasteiger partial charge in [-0.15, -0.1) is 0 Å². The first kappa shape index (κ1) is 18.2. The number of anilines is 1. The topological polar surface area (TPSA) is 88.8 Å². The summed E-state index contributed by atoms with van der Waals surface area (Å²) in [7, 11) is 0. The van der Waals surface area contributed by atoms with E-state index in [0.717, 1.165) is 13.1 Å². The number of benzene rings is 1. The molecule has 0 aliphatic carbocycles. The predicted molar refractivity (Wildman–Crippen MR) is 90.7 cm³/mol. The molecule has 1 unspecified atom stereocenters. The number of carbonyl (C=O) groups excluding carboxylic acids is 1. The van der Waals surface area contributed by atoms with Gasteiger partial charge in [-0.2, -0.15) is 5.26 Å². The van der Waals surface area contributed by atoms with Crippen molar-refractivity contribution in [1.29, 1.82) is 5.26 Å². The summed E-state index contributed by atoms with van der Waals surface area (Å²) >= 11 is 0. The van der Waals surface area contributed by atoms with Crippen LogP contribution in [0.15, 0.2) is 24.3 Å². The van der Waals surface area contributed by atoms with Gasteiger partial charge in [0, 0.05) is 45.0 Å². The van der Waals surface area contributed by atoms with Gasteiger partial charge in [0.15, 0.2) is 0 Å². The number of nitrogens with one attached hydrogen (secondary N) is 1. The van der Waals surface area contributed by atoms with Crippen LogP contribution in [0.1, 0.15) is 12.5 Å². The van der Waals surface area contributed by atoms with Crippen molar-refractivity contribution in [3.63, 3.8) is 0 Å². The fourth-order valence-electron chi connectivity index (χ4n) is 2.61. The third-order valence-corrected chi connectivity index (χ3v) is 3.89. The van der Waals surface area contributed by atoms with Crippen LogP contribution in [0.4, 0.5) is 10.5 Å². The van der Waals surface area contributed by atoms with Crippen molar-refractivity contribution in [2.45, 2.75) is 13.0 Å². The summed E-state index contributed by atoms with van der Waals surface area (Å²) in [6.45, 7) is 6.03. The quantitative estimate of drug-likeness (QED) is 0.814. The zero-order chi connectivity index (χ0) is 17.4. The lowest BCUT2D eigenvalue weighted by Crippen LogP contribution is -2.51. The van der Waals surface area contributed by atoms with E-state index in [1.54, 1.807) is 29.2 Å². The minimum absolute atomic E-state index is 0.167. The maximum absolute atomic E-state index is 12.3. The van der Waals surface area contributed by atoms with Gasteiger partial charge in [0.05, 0.1) is 24.3 Å². The summed E-state index contributed by atoms with van der Waals surface area (Å²) < 4.78 is 5.21. The number of hydrogen-bond donors (Lipinski definition) is 2. The molecule has 0 bridgehead atoms. The molecule has 1 heterocycles. The Morgan fingerprint density at radius 1 is 1.42 bits per heavy atom. The third-order valence-electron chi connectivity index (χ3n) is 3.89. The molecule has 1 saturated heterocycles. The second-order valence-corrected chi connectivity index (χ2v) is 5.72. The Labute approximate surface area is 142 Å². The maximum Gasteiger partial charge on any atom is 0.321 e. The zero-order valence-corrected chi connectivity index (χ0v) is 13.9. The Balaban J connectivity index is 1.77. The first-order valence-electron chi connectivity index (χ1n) is 8.16. The van der Waals surface area contributed by atoms with Crippen LogP contribution in [-0.4, -0.2) is 73.0 Å². The lowest BCUT2D eigenvalue weighted by atomic mass is 10.2. The van der Waals surface area contributed by atoms with Gasteiger partial charge in [-0.3, -0.25) is 4.90 Å². The van der Waals surface area contributed by atoms with Crippen LogP contribution in [0.3, 0.4) is 0 Å². The van der Waals surface area contributed by atoms with Crippen molar-refractivity contribution < 1.29 is 14.6 Å². The highest BCUT2D eigenvalue weighted by atomic mass is 16.5. The average molecular weight is 332 g/mol. The van der Waals surface area contributed by atoms with E-state index in [0.29, 0.717) is 44.1 Å². The number of piperazine rings is 1. The molecular formula is C17H24N4O3. The summed E-state index contributed by atoms with van der Waals surface area (Å²) in [6, 6.07) is 8.74. The van der Waals surface area contributed by atoms with Crippen LogP contribution >= 0.6 is 0 Å². The summed E-state index contributed by atoms with van der Waals surface area (Å²) in [5, 5.41) is 21.6. The molecule has 2 rings (SSSR count). The number of nitriles is 1. The van der Waals surface area contributed by atoms with Gasteiger partial charge < -0.3 is 20.1 Å². The molecular weight excluding hydrogens is 308 g/mol. The summed E-state index contributed by atoms with van der Waals surface area (Å²) in [4.78, 5) is 16.2. The van der Waals surface area contributed by atoms with E-state index in [-0.39, 0.29) is 6.03 Å². The van der Waals surface area contributed by atoms with Gasteiger partial charge in [0.2, 0.25) is 0 Å². The van der Waals surface area contributed by atoms with Crippen LogP contribution in [-0.2, 0) is 4.74 Å². The number of aliphatic hydroxyl groups is 1. The van der Waals surface area contributed by atoms with Gasteiger partial charge in [-0.25, -0.2) is 4.79 Å². The van der Waals surface area contributed by atoms with Crippen LogP contribution in [0, 0.1) is 11.3 Å². The Bertz CT molecular complexity index is 579. The Morgan fingerprint density at radius 2 is 2.17 bits per heavy atom. The molecule has 0 spiro atoms. The number of ether oxygens (including phenoxy) is 1. The zero-order valence-electron chi connectivity index (χ0n) is 13.9. The molecule has 7 heteroatoms. The number of carbonyl (C=O) groups is 1. The van der Waals surface area contributed by atoms with Crippen LogP contribution < -0.4 is 5.32 Å². The normalized spacial score (nSPS) is 16.5. The first-order valence-corrected chi connectivity index (χ1v) is 8.16. The SMILES string of the molecule is CCOCC(O)CN1CCN(C(=O)Nc2cccc(C#N)c2)CC1. The van der Waals surface area contributed by atoms with Crippen LogP contribution in [0.5, 0.6) is 0 Å². The van der Waals surface area contributed by atoms with Gasteiger partial charge >= 0.3 is 6.03 Å². The molecule has 1 aromatic rings. The number of urea groups is 1. The smallest absolute Gasteiger partial charge is 0.321 e. The van der Waals surface area contributed by atoms with Crippen molar-refractivity contribution >= 4 is 11.7 Å². The fourth-order valence-corrected chi connectivity index (χ4v) is 2.61. The van der Waals surface area contributed by atoms with E-state index in [1.807, 2.05) is 6.92 Å². The highest BCUT2D eigenvalue weighted by Gasteiger charge is 2.22. The second-order valence-electron chi connectivity index (χ2n) is 5.72. The van der Waals surface area contributed by atoms with Gasteiger partial charge in [-0.05, 0) is 25.1 Å². The largest absolute Gasteiger partial charge is 0.389 e. The van der Waals surface area contributed by atoms with Crippen molar-refractivity contribution in [2.75, 3.05) is 51.3 Å². The molecule has 2 amide bonds. The number of β-amino-alcohol motifs (C(OH)–C–C–N with tert-alkyl or cyclic N) is 1. The first-order chi connectivity index (χ1) is 11.6. The molecule has 1 atom stereocenters. The number of amides is 2. The second kappa shape index (κ2) is 9.23. The number of rotatable bonds is 6. The van der Waals surface area contributed by atoms with Crippen LogP contribution in [0.25, 0.3) is 0 Å². The summed E-state index contributed by atoms with van der Waals surface area (Å²) in [6.07, 6.45) is -0.501. The van der Waals surface area contributed by atoms with E-state index in [1.165, 1.54) is 0 Å². The Morgan fingerprint density at radius 3 is 2.83 bits per heavy atom.